The molecule has 0 N–H and O–H groups in total. The molecule has 294 valence electrons. The maximum absolute atomic E-state index is 13.2. The first-order valence-electron chi connectivity index (χ1n) is 20.7. The summed E-state index contributed by atoms with van der Waals surface area (Å²) in [5.74, 6) is 0.985. The molecular formula is C48H43N7O4. The number of nitriles is 1. The van der Waals surface area contributed by atoms with Crippen molar-refractivity contribution in [2.24, 2.45) is 0 Å². The fraction of sp³-hybridized carbons (Fsp3) is 0.312. The zero-order chi connectivity index (χ0) is 40.4. The summed E-state index contributed by atoms with van der Waals surface area (Å²) in [7, 11) is 0. The van der Waals surface area contributed by atoms with Crippen molar-refractivity contribution in [3.8, 4) is 39.7 Å². The van der Waals surface area contributed by atoms with Gasteiger partial charge in [0, 0.05) is 65.0 Å². The van der Waals surface area contributed by atoms with Crippen molar-refractivity contribution in [1.29, 1.82) is 5.26 Å². The van der Waals surface area contributed by atoms with E-state index in [-0.39, 0.29) is 11.3 Å². The van der Waals surface area contributed by atoms with E-state index < -0.39 is 0 Å². The molecule has 0 saturated heterocycles. The number of benzene rings is 4. The number of rotatable bonds is 3. The average molecular weight is 782 g/mol. The van der Waals surface area contributed by atoms with E-state index in [4.69, 9.17) is 14.1 Å². The molecular weight excluding hydrogens is 739 g/mol. The van der Waals surface area contributed by atoms with E-state index in [9.17, 15) is 9.59 Å². The molecule has 7 aromatic rings. The molecule has 4 aromatic carbocycles. The monoisotopic (exact) mass is 781 g/mol. The first kappa shape index (κ1) is 36.7. The van der Waals surface area contributed by atoms with Crippen LogP contribution in [-0.4, -0.2) is 46.6 Å². The van der Waals surface area contributed by atoms with Crippen LogP contribution in [0.1, 0.15) is 70.5 Å². The molecule has 7 heterocycles. The van der Waals surface area contributed by atoms with Crippen molar-refractivity contribution in [1.82, 2.24) is 20.4 Å². The van der Waals surface area contributed by atoms with Crippen LogP contribution in [0.25, 0.3) is 55.6 Å². The second-order valence-electron chi connectivity index (χ2n) is 16.2. The standard InChI is InChI=1S/C25H23N5O2.C23H20N2O2/c1-14-20-13-18-5-3-11-30-12-4-6-19(22(18)30)23(20)32-25(31)21(14)16-7-9-17(10-8-16)24-28-26-15(2)27-29-24;1-14-19-12-17-4-2-10-25-11-3-5-18(21(17)25)22(19)27-23(26)20(14)16-8-6-15(13-24)7-9-16/h7-10,13H,3-6,11-12H2,1-2H3;6-9,12H,2-5,10-11H2,1H3. The van der Waals surface area contributed by atoms with Crippen LogP contribution in [0.2, 0.25) is 0 Å². The van der Waals surface area contributed by atoms with E-state index in [0.717, 1.165) is 114 Å². The van der Waals surface area contributed by atoms with Crippen LogP contribution >= 0.6 is 0 Å². The summed E-state index contributed by atoms with van der Waals surface area (Å²) in [5.41, 5.74) is 14.9. The summed E-state index contributed by atoms with van der Waals surface area (Å²) in [6.45, 7) is 10.2. The zero-order valence-electron chi connectivity index (χ0n) is 33.5. The van der Waals surface area contributed by atoms with Crippen molar-refractivity contribution >= 4 is 33.3 Å². The van der Waals surface area contributed by atoms with Gasteiger partial charge in [0.05, 0.1) is 22.8 Å². The molecule has 0 fully saturated rings. The molecule has 0 amide bonds. The van der Waals surface area contributed by atoms with Crippen molar-refractivity contribution in [3.63, 3.8) is 0 Å². The van der Waals surface area contributed by atoms with Gasteiger partial charge in [-0.25, -0.2) is 9.59 Å². The van der Waals surface area contributed by atoms with Crippen molar-refractivity contribution < 1.29 is 8.83 Å². The molecule has 0 saturated carbocycles. The van der Waals surface area contributed by atoms with Gasteiger partial charge >= 0.3 is 11.3 Å². The number of hydrogen-bond donors (Lipinski definition) is 0. The summed E-state index contributed by atoms with van der Waals surface area (Å²) < 4.78 is 11.9. The van der Waals surface area contributed by atoms with E-state index in [1.54, 1.807) is 19.1 Å². The van der Waals surface area contributed by atoms with E-state index in [1.165, 1.54) is 46.5 Å². The van der Waals surface area contributed by atoms with Gasteiger partial charge in [0.2, 0.25) is 5.82 Å². The molecule has 0 aliphatic carbocycles. The topological polar surface area (TPSA) is 142 Å². The normalized spacial score (nSPS) is 15.3. The molecule has 59 heavy (non-hydrogen) atoms. The predicted octanol–water partition coefficient (Wildman–Crippen LogP) is 8.36. The number of aryl methyl sites for hydroxylation is 7. The number of anilines is 2. The van der Waals surface area contributed by atoms with Gasteiger partial charge in [-0.05, 0) is 130 Å². The van der Waals surface area contributed by atoms with Crippen molar-refractivity contribution in [2.75, 3.05) is 36.0 Å². The van der Waals surface area contributed by atoms with E-state index in [1.807, 2.05) is 50.2 Å². The molecule has 11 rings (SSSR count). The van der Waals surface area contributed by atoms with Gasteiger partial charge < -0.3 is 18.6 Å². The molecule has 3 aromatic heterocycles. The molecule has 11 heteroatoms. The molecule has 4 aliphatic heterocycles. The largest absolute Gasteiger partial charge is 0.422 e. The first-order valence-corrected chi connectivity index (χ1v) is 20.7. The minimum Gasteiger partial charge on any atom is -0.422 e. The second kappa shape index (κ2) is 14.6. The highest BCUT2D eigenvalue weighted by Gasteiger charge is 2.30. The van der Waals surface area contributed by atoms with Crippen molar-refractivity contribution in [3.05, 3.63) is 126 Å². The minimum atomic E-state index is -0.297. The molecule has 4 aliphatic rings. The SMILES string of the molecule is Cc1c(-c2ccc(C#N)cc2)c(=O)oc2c3c4c(cc12)CCCN4CCC3.Cc1nnc(-c2ccc(-c3c(C)c4cc5c6c(c4oc3=O)CCCN6CCC5)cc2)nn1. The molecule has 0 unspecified atom stereocenters. The van der Waals surface area contributed by atoms with E-state index in [0.29, 0.717) is 28.3 Å². The van der Waals surface area contributed by atoms with Crippen LogP contribution in [-0.2, 0) is 25.7 Å². The number of nitrogens with zero attached hydrogens (tertiary/aromatic N) is 7. The minimum absolute atomic E-state index is 0.290. The molecule has 0 radical (unpaired) electrons. The number of fused-ring (bicyclic) bond motifs is 4. The summed E-state index contributed by atoms with van der Waals surface area (Å²) in [5, 5.41) is 27.2. The van der Waals surface area contributed by atoms with Crippen LogP contribution in [0.3, 0.4) is 0 Å². The average Bonchev–Trinajstić information content (AvgIpc) is 3.26. The van der Waals surface area contributed by atoms with Gasteiger partial charge in [-0.3, -0.25) is 0 Å². The lowest BCUT2D eigenvalue weighted by Gasteiger charge is -2.37. The number of hydrogen-bond acceptors (Lipinski definition) is 11. The van der Waals surface area contributed by atoms with Crippen molar-refractivity contribution in [2.45, 2.75) is 72.1 Å². The quantitative estimate of drug-likeness (QED) is 0.160. The summed E-state index contributed by atoms with van der Waals surface area (Å²) in [6, 6.07) is 21.3. The van der Waals surface area contributed by atoms with Gasteiger partial charge in [-0.15, -0.1) is 20.4 Å². The Hall–Kier alpha value is -6.67. The van der Waals surface area contributed by atoms with Gasteiger partial charge in [0.15, 0.2) is 5.82 Å². The fourth-order valence-electron chi connectivity index (χ4n) is 9.88. The zero-order valence-corrected chi connectivity index (χ0v) is 33.5. The third-order valence-corrected chi connectivity index (χ3v) is 12.6. The van der Waals surface area contributed by atoms with Crippen LogP contribution in [0, 0.1) is 32.1 Å². The summed E-state index contributed by atoms with van der Waals surface area (Å²) >= 11 is 0. The third kappa shape index (κ3) is 6.25. The Balaban J connectivity index is 0.000000145. The van der Waals surface area contributed by atoms with Crippen LogP contribution in [0.15, 0.2) is 79.1 Å². The lowest BCUT2D eigenvalue weighted by atomic mass is 9.88. The van der Waals surface area contributed by atoms with E-state index >= 15 is 0 Å². The maximum atomic E-state index is 13.2. The Morgan fingerprint density at radius 2 is 1.00 bits per heavy atom. The smallest absolute Gasteiger partial charge is 0.344 e. The summed E-state index contributed by atoms with van der Waals surface area (Å²) in [6.07, 6.45) is 8.65. The Bertz CT molecular complexity index is 2980. The maximum Gasteiger partial charge on any atom is 0.344 e. The first-order chi connectivity index (χ1) is 28.8. The predicted molar refractivity (Wildman–Crippen MR) is 229 cm³/mol. The molecule has 0 atom stereocenters. The van der Waals surface area contributed by atoms with Gasteiger partial charge in [-0.2, -0.15) is 5.26 Å². The van der Waals surface area contributed by atoms with Crippen LogP contribution in [0.4, 0.5) is 11.4 Å². The fourth-order valence-corrected chi connectivity index (χ4v) is 9.88. The highest BCUT2D eigenvalue weighted by atomic mass is 16.4. The number of aromatic nitrogens is 4. The van der Waals surface area contributed by atoms with Gasteiger partial charge in [-0.1, -0.05) is 36.4 Å². The van der Waals surface area contributed by atoms with E-state index in [2.05, 4.69) is 48.4 Å². The van der Waals surface area contributed by atoms with Crippen LogP contribution < -0.4 is 21.1 Å². The Morgan fingerprint density at radius 3 is 1.46 bits per heavy atom. The molecule has 0 spiro atoms. The lowest BCUT2D eigenvalue weighted by molar-refractivity contribution is 0.550. The Labute approximate surface area is 341 Å². The molecule has 11 nitrogen and oxygen atoms in total. The highest BCUT2D eigenvalue weighted by Crippen LogP contribution is 2.43. The summed E-state index contributed by atoms with van der Waals surface area (Å²) in [4.78, 5) is 31.0. The molecule has 0 bridgehead atoms. The third-order valence-electron chi connectivity index (χ3n) is 12.6. The lowest BCUT2D eigenvalue weighted by Crippen LogP contribution is -2.34. The van der Waals surface area contributed by atoms with Crippen LogP contribution in [0.5, 0.6) is 0 Å². The van der Waals surface area contributed by atoms with Gasteiger partial charge in [0.1, 0.15) is 11.2 Å². The second-order valence-corrected chi connectivity index (χ2v) is 16.2. The highest BCUT2D eigenvalue weighted by molar-refractivity contribution is 5.95. The Kier molecular flexibility index (Phi) is 9.08. The van der Waals surface area contributed by atoms with Gasteiger partial charge in [0.25, 0.3) is 0 Å². The Morgan fingerprint density at radius 1 is 0.576 bits per heavy atom.